The second kappa shape index (κ2) is 7.51. The van der Waals surface area contributed by atoms with Crippen LogP contribution in [0.5, 0.6) is 0 Å². The number of amides is 3. The maximum absolute atomic E-state index is 12.9. The van der Waals surface area contributed by atoms with Crippen LogP contribution in [0, 0.1) is 6.92 Å². The van der Waals surface area contributed by atoms with Crippen LogP contribution in [0.15, 0.2) is 55.0 Å². The highest BCUT2D eigenvalue weighted by atomic mass is 16.2. The van der Waals surface area contributed by atoms with E-state index in [1.165, 1.54) is 7.05 Å². The topological polar surface area (TPSA) is 92.3 Å². The molecule has 1 atom stereocenters. The Kier molecular flexibility index (Phi) is 4.87. The van der Waals surface area contributed by atoms with E-state index in [1.54, 1.807) is 49.8 Å². The molecule has 1 unspecified atom stereocenters. The van der Waals surface area contributed by atoms with E-state index in [-0.39, 0.29) is 17.7 Å². The van der Waals surface area contributed by atoms with Crippen molar-refractivity contribution in [1.82, 2.24) is 14.9 Å². The van der Waals surface area contributed by atoms with E-state index < -0.39 is 5.92 Å². The smallest absolute Gasteiger partial charge is 0.261 e. The third-order valence-corrected chi connectivity index (χ3v) is 5.21. The van der Waals surface area contributed by atoms with Crippen molar-refractivity contribution in [3.63, 3.8) is 0 Å². The van der Waals surface area contributed by atoms with Gasteiger partial charge in [-0.3, -0.25) is 29.3 Å². The lowest BCUT2D eigenvalue weighted by atomic mass is 9.90. The van der Waals surface area contributed by atoms with Gasteiger partial charge < -0.3 is 5.32 Å². The molecule has 0 fully saturated rings. The van der Waals surface area contributed by atoms with Crippen molar-refractivity contribution in [2.45, 2.75) is 19.8 Å². The number of aryl methyl sites for hydroxylation is 1. The molecule has 30 heavy (non-hydrogen) atoms. The third kappa shape index (κ3) is 3.34. The van der Waals surface area contributed by atoms with Crippen LogP contribution in [0.1, 0.15) is 44.7 Å². The first kappa shape index (κ1) is 19.4. The number of carbonyl (C=O) groups excluding carboxylic acids is 3. The van der Waals surface area contributed by atoms with Gasteiger partial charge in [0.2, 0.25) is 5.91 Å². The molecule has 2 aromatic heterocycles. The highest BCUT2D eigenvalue weighted by Gasteiger charge is 2.37. The van der Waals surface area contributed by atoms with Gasteiger partial charge in [0.15, 0.2) is 0 Å². The van der Waals surface area contributed by atoms with Crippen LogP contribution >= 0.6 is 0 Å². The summed E-state index contributed by atoms with van der Waals surface area (Å²) in [6, 6.07) is 10.8. The van der Waals surface area contributed by atoms with Crippen molar-refractivity contribution in [2.24, 2.45) is 0 Å². The average Bonchev–Trinajstić information content (AvgIpc) is 2.97. The summed E-state index contributed by atoms with van der Waals surface area (Å²) >= 11 is 0. The van der Waals surface area contributed by atoms with Crippen molar-refractivity contribution in [1.29, 1.82) is 0 Å². The van der Waals surface area contributed by atoms with Crippen LogP contribution in [0.3, 0.4) is 0 Å². The summed E-state index contributed by atoms with van der Waals surface area (Å²) in [6.45, 7) is 3.56. The van der Waals surface area contributed by atoms with Crippen LogP contribution in [-0.4, -0.2) is 39.6 Å². The molecule has 7 heteroatoms. The lowest BCUT2D eigenvalue weighted by Gasteiger charge is -2.16. The summed E-state index contributed by atoms with van der Waals surface area (Å²) in [6.07, 6.45) is 4.99. The molecule has 3 heterocycles. The highest BCUT2D eigenvalue weighted by molar-refractivity contribution is 6.22. The summed E-state index contributed by atoms with van der Waals surface area (Å²) in [5.41, 5.74) is 4.19. The van der Waals surface area contributed by atoms with E-state index in [9.17, 15) is 14.4 Å². The minimum atomic E-state index is -0.625. The van der Waals surface area contributed by atoms with Gasteiger partial charge in [0, 0.05) is 25.0 Å². The first-order valence-electron chi connectivity index (χ1n) is 9.51. The molecule has 0 saturated carbocycles. The summed E-state index contributed by atoms with van der Waals surface area (Å²) in [5.74, 6) is -1.64. The number of aromatic nitrogens is 2. The number of nitrogens with zero attached hydrogens (tertiary/aromatic N) is 3. The molecule has 0 spiro atoms. The molecule has 0 saturated heterocycles. The zero-order valence-electron chi connectivity index (χ0n) is 16.8. The predicted octanol–water partition coefficient (Wildman–Crippen LogP) is 3.42. The van der Waals surface area contributed by atoms with Gasteiger partial charge in [-0.05, 0) is 55.3 Å². The van der Waals surface area contributed by atoms with Crippen molar-refractivity contribution >= 4 is 23.4 Å². The molecule has 3 aromatic rings. The fourth-order valence-corrected chi connectivity index (χ4v) is 3.55. The number of anilines is 1. The van der Waals surface area contributed by atoms with E-state index in [0.29, 0.717) is 22.4 Å². The van der Waals surface area contributed by atoms with Gasteiger partial charge in [-0.1, -0.05) is 6.07 Å². The molecular weight excluding hydrogens is 380 g/mol. The molecule has 1 aliphatic rings. The Hall–Kier alpha value is -3.87. The van der Waals surface area contributed by atoms with Crippen LogP contribution in [0.4, 0.5) is 5.69 Å². The van der Waals surface area contributed by atoms with Gasteiger partial charge in [-0.25, -0.2) is 0 Å². The number of hydrogen-bond donors (Lipinski definition) is 1. The maximum Gasteiger partial charge on any atom is 0.261 e. The molecule has 1 N–H and O–H groups in total. The molecule has 3 amide bonds. The van der Waals surface area contributed by atoms with Crippen LogP contribution in [0.25, 0.3) is 11.3 Å². The van der Waals surface area contributed by atoms with Gasteiger partial charge in [0.1, 0.15) is 0 Å². The molecule has 0 radical (unpaired) electrons. The van der Waals surface area contributed by atoms with Crippen LogP contribution in [-0.2, 0) is 4.79 Å². The number of fused-ring (bicyclic) bond motifs is 1. The number of nitrogens with one attached hydrogen (secondary N) is 1. The van der Waals surface area contributed by atoms with E-state index >= 15 is 0 Å². The lowest BCUT2D eigenvalue weighted by Crippen LogP contribution is -2.25. The predicted molar refractivity (Wildman–Crippen MR) is 112 cm³/mol. The fourth-order valence-electron chi connectivity index (χ4n) is 3.55. The van der Waals surface area contributed by atoms with Crippen molar-refractivity contribution < 1.29 is 14.4 Å². The highest BCUT2D eigenvalue weighted by Crippen LogP contribution is 2.32. The Bertz CT molecular complexity index is 1160. The minimum absolute atomic E-state index is 0.284. The van der Waals surface area contributed by atoms with E-state index in [2.05, 4.69) is 15.3 Å². The van der Waals surface area contributed by atoms with Crippen molar-refractivity contribution in [3.8, 4) is 11.3 Å². The Morgan fingerprint density at radius 3 is 2.57 bits per heavy atom. The Morgan fingerprint density at radius 1 is 1.10 bits per heavy atom. The first-order chi connectivity index (χ1) is 14.4. The SMILES string of the molecule is Cc1cc2c(c(C(C)C(=O)Nc3ccc(-c4cccnc4)nc3)c1)C(=O)N(C)C2=O. The number of benzene rings is 1. The summed E-state index contributed by atoms with van der Waals surface area (Å²) < 4.78 is 0. The summed E-state index contributed by atoms with van der Waals surface area (Å²) in [5, 5.41) is 2.84. The van der Waals surface area contributed by atoms with Gasteiger partial charge in [-0.15, -0.1) is 0 Å². The zero-order chi connectivity index (χ0) is 21.4. The van der Waals surface area contributed by atoms with Crippen LogP contribution < -0.4 is 5.32 Å². The minimum Gasteiger partial charge on any atom is -0.324 e. The van der Waals surface area contributed by atoms with Crippen molar-refractivity contribution in [3.05, 3.63) is 77.2 Å². The Morgan fingerprint density at radius 2 is 1.90 bits per heavy atom. The first-order valence-corrected chi connectivity index (χ1v) is 9.51. The van der Waals surface area contributed by atoms with Crippen LogP contribution in [0.2, 0.25) is 0 Å². The monoisotopic (exact) mass is 400 g/mol. The molecule has 0 aliphatic carbocycles. The fraction of sp³-hybridized carbons (Fsp3) is 0.174. The second-order valence-electron chi connectivity index (χ2n) is 7.33. The number of rotatable bonds is 4. The number of carbonyl (C=O) groups is 3. The standard InChI is InChI=1S/C23H20N4O3/c1-13-9-17(20-18(10-13)22(29)27(3)23(20)30)14(2)21(28)26-16-6-7-19(25-12-16)15-5-4-8-24-11-15/h4-12,14H,1-3H3,(H,26,28). The zero-order valence-corrected chi connectivity index (χ0v) is 16.8. The summed E-state index contributed by atoms with van der Waals surface area (Å²) in [4.78, 5) is 47.3. The Labute approximate surface area is 173 Å². The molecule has 1 aliphatic heterocycles. The number of hydrogen-bond acceptors (Lipinski definition) is 5. The number of pyridine rings is 2. The van der Waals surface area contributed by atoms with Gasteiger partial charge in [0.05, 0.1) is 34.6 Å². The van der Waals surface area contributed by atoms with E-state index in [1.807, 2.05) is 19.1 Å². The van der Waals surface area contributed by atoms with Crippen molar-refractivity contribution in [2.75, 3.05) is 12.4 Å². The largest absolute Gasteiger partial charge is 0.324 e. The van der Waals surface area contributed by atoms with E-state index in [0.717, 1.165) is 21.7 Å². The number of imide groups is 1. The molecule has 7 nitrogen and oxygen atoms in total. The van der Waals surface area contributed by atoms with Gasteiger partial charge in [-0.2, -0.15) is 0 Å². The normalized spacial score (nSPS) is 13.9. The molecule has 150 valence electrons. The molecule has 4 rings (SSSR count). The Balaban J connectivity index is 1.58. The van der Waals surface area contributed by atoms with E-state index in [4.69, 9.17) is 0 Å². The maximum atomic E-state index is 12.9. The lowest BCUT2D eigenvalue weighted by molar-refractivity contribution is -0.117. The summed E-state index contributed by atoms with van der Waals surface area (Å²) in [7, 11) is 1.45. The second-order valence-corrected chi connectivity index (χ2v) is 7.33. The quantitative estimate of drug-likeness (QED) is 0.678. The molecule has 0 bridgehead atoms. The third-order valence-electron chi connectivity index (χ3n) is 5.21. The van der Waals surface area contributed by atoms with Gasteiger partial charge >= 0.3 is 0 Å². The molecular formula is C23H20N4O3. The molecule has 1 aromatic carbocycles. The average molecular weight is 400 g/mol. The van der Waals surface area contributed by atoms with Gasteiger partial charge in [0.25, 0.3) is 11.8 Å².